The maximum atomic E-state index is 5.11. The molecule has 0 heterocycles. The van der Waals surface area contributed by atoms with Crippen LogP contribution >= 0.6 is 0 Å². The monoisotopic (exact) mass is 116 g/mol. The van der Waals surface area contributed by atoms with Gasteiger partial charge in [-0.1, -0.05) is 20.8 Å². The van der Waals surface area contributed by atoms with Crippen LogP contribution in [0, 0.1) is 5.41 Å². The molecule has 50 valence electrons. The van der Waals surface area contributed by atoms with Gasteiger partial charge in [-0.05, 0) is 12.3 Å². The number of rotatable bonds is 1. The fourth-order valence-corrected chi connectivity index (χ4v) is 0.354. The topological polar surface area (TPSA) is 9.23 Å². The van der Waals surface area contributed by atoms with E-state index in [0.29, 0.717) is 6.10 Å². The summed E-state index contributed by atoms with van der Waals surface area (Å²) >= 11 is 0. The Morgan fingerprint density at radius 1 is 1.25 bits per heavy atom. The molecular weight excluding hydrogens is 100 g/mol. The summed E-state index contributed by atoms with van der Waals surface area (Å²) in [4.78, 5) is 0. The van der Waals surface area contributed by atoms with Gasteiger partial charge in [-0.15, -0.1) is 0 Å². The third-order valence-corrected chi connectivity index (χ3v) is 1.57. The highest BCUT2D eigenvalue weighted by Gasteiger charge is 2.18. The van der Waals surface area contributed by atoms with Crippen LogP contribution in [0.1, 0.15) is 27.7 Å². The summed E-state index contributed by atoms with van der Waals surface area (Å²) in [5, 5.41) is 0. The fourth-order valence-electron chi connectivity index (χ4n) is 0.354. The van der Waals surface area contributed by atoms with Gasteiger partial charge in [-0.2, -0.15) is 0 Å². The minimum absolute atomic E-state index is 0.286. The van der Waals surface area contributed by atoms with Crippen LogP contribution in [-0.2, 0) is 4.74 Å². The fraction of sp³-hybridized carbons (Fsp3) is 1.00. The second-order valence-electron chi connectivity index (χ2n) is 3.24. The van der Waals surface area contributed by atoms with Crippen LogP contribution in [0.4, 0.5) is 0 Å². The molecule has 0 N–H and O–H groups in total. The molecule has 1 nitrogen and oxygen atoms in total. The summed E-state index contributed by atoms with van der Waals surface area (Å²) in [5.41, 5.74) is 0.286. The second-order valence-corrected chi connectivity index (χ2v) is 3.24. The molecule has 1 heteroatoms. The minimum atomic E-state index is 0.286. The molecule has 0 saturated carbocycles. The lowest BCUT2D eigenvalue weighted by atomic mass is 9.90. The van der Waals surface area contributed by atoms with E-state index in [1.54, 1.807) is 7.11 Å². The van der Waals surface area contributed by atoms with Gasteiger partial charge in [0.15, 0.2) is 0 Å². The van der Waals surface area contributed by atoms with Gasteiger partial charge < -0.3 is 4.74 Å². The highest BCUT2D eigenvalue weighted by molar-refractivity contribution is 4.68. The Morgan fingerprint density at radius 2 is 1.62 bits per heavy atom. The zero-order valence-electron chi connectivity index (χ0n) is 6.49. The number of methoxy groups -OCH3 is 1. The van der Waals surface area contributed by atoms with Crippen molar-refractivity contribution in [2.45, 2.75) is 33.8 Å². The van der Waals surface area contributed by atoms with E-state index in [1.807, 2.05) is 0 Å². The number of ether oxygens (including phenoxy) is 1. The van der Waals surface area contributed by atoms with Crippen molar-refractivity contribution in [2.24, 2.45) is 5.41 Å². The van der Waals surface area contributed by atoms with Crippen molar-refractivity contribution in [3.63, 3.8) is 0 Å². The van der Waals surface area contributed by atoms with Gasteiger partial charge in [-0.3, -0.25) is 0 Å². The predicted octanol–water partition coefficient (Wildman–Crippen LogP) is 2.07. The Kier molecular flexibility index (Phi) is 2.48. The Bertz CT molecular complexity index is 61.3. The van der Waals surface area contributed by atoms with Gasteiger partial charge in [0.1, 0.15) is 0 Å². The Labute approximate surface area is 52.0 Å². The van der Waals surface area contributed by atoms with Crippen LogP contribution in [0.2, 0.25) is 0 Å². The molecule has 0 fully saturated rings. The molecule has 0 aromatic carbocycles. The van der Waals surface area contributed by atoms with Crippen molar-refractivity contribution < 1.29 is 4.74 Å². The van der Waals surface area contributed by atoms with Crippen molar-refractivity contribution >= 4 is 0 Å². The minimum Gasteiger partial charge on any atom is -0.381 e. The first kappa shape index (κ1) is 7.96. The van der Waals surface area contributed by atoms with E-state index < -0.39 is 0 Å². The van der Waals surface area contributed by atoms with Gasteiger partial charge in [0.05, 0.1) is 6.10 Å². The molecule has 0 spiro atoms. The second kappa shape index (κ2) is 2.49. The van der Waals surface area contributed by atoms with Crippen molar-refractivity contribution in [3.8, 4) is 0 Å². The Morgan fingerprint density at radius 3 is 1.62 bits per heavy atom. The zero-order valence-corrected chi connectivity index (χ0v) is 6.49. The quantitative estimate of drug-likeness (QED) is 0.509. The van der Waals surface area contributed by atoms with Crippen molar-refractivity contribution in [1.29, 1.82) is 0 Å². The van der Waals surface area contributed by atoms with Crippen LogP contribution in [0.3, 0.4) is 0 Å². The van der Waals surface area contributed by atoms with Crippen molar-refractivity contribution in [2.75, 3.05) is 7.11 Å². The molecule has 1 atom stereocenters. The maximum absolute atomic E-state index is 5.11. The molecular formula is C7H16O. The molecule has 8 heavy (non-hydrogen) atoms. The van der Waals surface area contributed by atoms with Gasteiger partial charge in [0.25, 0.3) is 0 Å². The van der Waals surface area contributed by atoms with E-state index in [4.69, 9.17) is 4.74 Å². The summed E-state index contributed by atoms with van der Waals surface area (Å²) in [7, 11) is 1.75. The molecule has 0 aromatic heterocycles. The van der Waals surface area contributed by atoms with Crippen LogP contribution in [0.25, 0.3) is 0 Å². The van der Waals surface area contributed by atoms with Gasteiger partial charge in [-0.25, -0.2) is 0 Å². The average Bonchev–Trinajstić information content (AvgIpc) is 1.62. The van der Waals surface area contributed by atoms with Crippen molar-refractivity contribution in [3.05, 3.63) is 0 Å². The molecule has 0 unspecified atom stereocenters. The van der Waals surface area contributed by atoms with E-state index in [0.717, 1.165) is 0 Å². The summed E-state index contributed by atoms with van der Waals surface area (Å²) in [6.07, 6.45) is 0.350. The molecule has 0 bridgehead atoms. The van der Waals surface area contributed by atoms with E-state index >= 15 is 0 Å². The van der Waals surface area contributed by atoms with Crippen molar-refractivity contribution in [1.82, 2.24) is 0 Å². The standard InChI is InChI=1S/C7H16O/c1-6(8-5)7(2,3)4/h6H,1-5H3/t6-/m1/s1. The third-order valence-electron chi connectivity index (χ3n) is 1.57. The van der Waals surface area contributed by atoms with E-state index in [1.165, 1.54) is 0 Å². The van der Waals surface area contributed by atoms with Crippen LogP contribution in [0.5, 0.6) is 0 Å². The van der Waals surface area contributed by atoms with E-state index in [-0.39, 0.29) is 5.41 Å². The SMILES string of the molecule is CO[C@H](C)C(C)(C)C. The van der Waals surface area contributed by atoms with Crippen LogP contribution < -0.4 is 0 Å². The third kappa shape index (κ3) is 2.31. The lowest BCUT2D eigenvalue weighted by Crippen LogP contribution is -2.24. The average molecular weight is 116 g/mol. The first-order valence-corrected chi connectivity index (χ1v) is 3.01. The smallest absolute Gasteiger partial charge is 0.0591 e. The van der Waals surface area contributed by atoms with E-state index in [2.05, 4.69) is 27.7 Å². The summed E-state index contributed by atoms with van der Waals surface area (Å²) in [5.74, 6) is 0. The molecule has 0 aliphatic rings. The summed E-state index contributed by atoms with van der Waals surface area (Å²) in [6, 6.07) is 0. The molecule has 0 aliphatic carbocycles. The lowest BCUT2D eigenvalue weighted by molar-refractivity contribution is 0.0314. The zero-order chi connectivity index (χ0) is 6.78. The molecule has 0 radical (unpaired) electrons. The first-order valence-electron chi connectivity index (χ1n) is 3.01. The summed E-state index contributed by atoms with van der Waals surface area (Å²) < 4.78 is 5.11. The molecule has 0 rings (SSSR count). The van der Waals surface area contributed by atoms with Crippen LogP contribution in [0.15, 0.2) is 0 Å². The maximum Gasteiger partial charge on any atom is 0.0591 e. The Hall–Kier alpha value is -0.0400. The van der Waals surface area contributed by atoms with Gasteiger partial charge in [0.2, 0.25) is 0 Å². The number of hydrogen-bond donors (Lipinski definition) is 0. The highest BCUT2D eigenvalue weighted by Crippen LogP contribution is 2.20. The first-order chi connectivity index (χ1) is 3.48. The molecule has 0 amide bonds. The normalized spacial score (nSPS) is 16.1. The highest BCUT2D eigenvalue weighted by atomic mass is 16.5. The predicted molar refractivity (Wildman–Crippen MR) is 35.9 cm³/mol. The van der Waals surface area contributed by atoms with Crippen LogP contribution in [-0.4, -0.2) is 13.2 Å². The van der Waals surface area contributed by atoms with Gasteiger partial charge in [0, 0.05) is 7.11 Å². The Balaban J connectivity index is 3.62. The van der Waals surface area contributed by atoms with Gasteiger partial charge >= 0.3 is 0 Å². The largest absolute Gasteiger partial charge is 0.381 e. The summed E-state index contributed by atoms with van der Waals surface area (Å²) in [6.45, 7) is 8.59. The number of hydrogen-bond acceptors (Lipinski definition) is 1. The van der Waals surface area contributed by atoms with E-state index in [9.17, 15) is 0 Å². The molecule has 0 saturated heterocycles. The molecule has 0 aromatic rings. The molecule has 0 aliphatic heterocycles. The lowest BCUT2D eigenvalue weighted by Gasteiger charge is -2.25.